The van der Waals surface area contributed by atoms with Crippen LogP contribution >= 0.6 is 24.8 Å². The molecular formula is C14H25Cl2F2N5O. The van der Waals surface area contributed by atoms with Crippen molar-refractivity contribution in [1.82, 2.24) is 19.4 Å². The molecule has 24 heavy (non-hydrogen) atoms. The van der Waals surface area contributed by atoms with Gasteiger partial charge in [-0.2, -0.15) is 8.78 Å². The summed E-state index contributed by atoms with van der Waals surface area (Å²) in [5.41, 5.74) is 5.66. The highest BCUT2D eigenvalue weighted by Crippen LogP contribution is 2.15. The van der Waals surface area contributed by atoms with E-state index >= 15 is 0 Å². The fraction of sp³-hybridized carbons (Fsp3) is 0.714. The van der Waals surface area contributed by atoms with Gasteiger partial charge in [0.25, 0.3) is 0 Å². The first kappa shape index (κ1) is 23.0. The molecule has 1 saturated heterocycles. The summed E-state index contributed by atoms with van der Waals surface area (Å²) in [4.78, 5) is 19.8. The van der Waals surface area contributed by atoms with Crippen molar-refractivity contribution in [3.63, 3.8) is 0 Å². The predicted molar refractivity (Wildman–Crippen MR) is 92.7 cm³/mol. The number of nitrogens with two attached hydrogens (primary N) is 1. The van der Waals surface area contributed by atoms with Crippen LogP contribution in [-0.2, 0) is 11.3 Å². The maximum atomic E-state index is 12.8. The Bertz CT molecular complexity index is 493. The van der Waals surface area contributed by atoms with Gasteiger partial charge in [0.15, 0.2) is 0 Å². The average molecular weight is 388 g/mol. The summed E-state index contributed by atoms with van der Waals surface area (Å²) in [6.07, 6.45) is 3.82. The molecule has 10 heteroatoms. The molecule has 1 aromatic heterocycles. The van der Waals surface area contributed by atoms with Crippen LogP contribution in [0.25, 0.3) is 0 Å². The largest absolute Gasteiger partial charge is 0.340 e. The number of aromatic nitrogens is 2. The van der Waals surface area contributed by atoms with E-state index in [9.17, 15) is 13.6 Å². The zero-order chi connectivity index (χ0) is 16.1. The summed E-state index contributed by atoms with van der Waals surface area (Å²) in [5.74, 6) is 0.470. The van der Waals surface area contributed by atoms with Gasteiger partial charge in [-0.05, 0) is 13.3 Å². The summed E-state index contributed by atoms with van der Waals surface area (Å²) in [6.45, 7) is 2.26. The van der Waals surface area contributed by atoms with Crippen molar-refractivity contribution in [3.05, 3.63) is 18.2 Å². The lowest BCUT2D eigenvalue weighted by molar-refractivity contribution is -0.133. The molecule has 1 unspecified atom stereocenters. The van der Waals surface area contributed by atoms with E-state index in [0.717, 1.165) is 4.57 Å². The molecule has 0 bridgehead atoms. The lowest BCUT2D eigenvalue weighted by Crippen LogP contribution is -2.48. The second-order valence-corrected chi connectivity index (χ2v) is 5.70. The number of amides is 1. The number of halogens is 4. The zero-order valence-corrected chi connectivity index (χ0v) is 15.2. The van der Waals surface area contributed by atoms with Gasteiger partial charge in [-0.15, -0.1) is 24.8 Å². The highest BCUT2D eigenvalue weighted by Gasteiger charge is 2.22. The van der Waals surface area contributed by atoms with Crippen molar-refractivity contribution < 1.29 is 13.6 Å². The van der Waals surface area contributed by atoms with Crippen LogP contribution in [0.15, 0.2) is 12.4 Å². The maximum absolute atomic E-state index is 12.8. The van der Waals surface area contributed by atoms with Gasteiger partial charge in [0, 0.05) is 51.0 Å². The Kier molecular flexibility index (Phi) is 10.4. The van der Waals surface area contributed by atoms with Crippen LogP contribution in [0.1, 0.15) is 32.1 Å². The smallest absolute Gasteiger partial charge is 0.319 e. The van der Waals surface area contributed by atoms with E-state index in [2.05, 4.69) is 4.98 Å². The number of hydrogen-bond donors (Lipinski definition) is 1. The Balaban J connectivity index is 0.00000264. The highest BCUT2D eigenvalue weighted by molar-refractivity contribution is 5.85. The van der Waals surface area contributed by atoms with E-state index in [-0.39, 0.29) is 36.8 Å². The summed E-state index contributed by atoms with van der Waals surface area (Å²) >= 11 is 0. The van der Waals surface area contributed by atoms with Crippen LogP contribution in [0, 0.1) is 0 Å². The third-order valence-corrected chi connectivity index (χ3v) is 3.86. The van der Waals surface area contributed by atoms with Crippen molar-refractivity contribution in [2.45, 2.75) is 38.9 Å². The molecule has 0 aromatic carbocycles. The Morgan fingerprint density at radius 3 is 2.46 bits per heavy atom. The molecule has 1 aliphatic rings. The van der Waals surface area contributed by atoms with E-state index in [1.54, 1.807) is 0 Å². The standard InChI is InChI=1S/C14H23F2N5O.2ClH/c1-11(17)2-3-13(22)20-8-6-19(7-9-20)10-12-18-4-5-21(12)14(15)16;;/h4-5,11,14H,2-3,6-10,17H2,1H3;2*1H. The summed E-state index contributed by atoms with van der Waals surface area (Å²) < 4.78 is 26.4. The summed E-state index contributed by atoms with van der Waals surface area (Å²) in [6, 6.07) is 0.0263. The Hall–Kier alpha value is -0.960. The third-order valence-electron chi connectivity index (χ3n) is 3.86. The van der Waals surface area contributed by atoms with Gasteiger partial charge in [0.1, 0.15) is 5.82 Å². The number of hydrogen-bond acceptors (Lipinski definition) is 4. The first-order valence-electron chi connectivity index (χ1n) is 7.53. The topological polar surface area (TPSA) is 67.4 Å². The van der Waals surface area contributed by atoms with Crippen molar-refractivity contribution in [1.29, 1.82) is 0 Å². The minimum atomic E-state index is -2.57. The van der Waals surface area contributed by atoms with Crippen molar-refractivity contribution in [2.24, 2.45) is 5.73 Å². The molecule has 0 aliphatic carbocycles. The van der Waals surface area contributed by atoms with Crippen LogP contribution in [0.3, 0.4) is 0 Å². The molecular weight excluding hydrogens is 363 g/mol. The van der Waals surface area contributed by atoms with Crippen molar-refractivity contribution in [3.8, 4) is 0 Å². The van der Waals surface area contributed by atoms with Gasteiger partial charge in [0.05, 0.1) is 6.54 Å². The molecule has 1 amide bonds. The number of carbonyl (C=O) groups excluding carboxylic acids is 1. The Morgan fingerprint density at radius 2 is 1.92 bits per heavy atom. The second kappa shape index (κ2) is 10.8. The Labute approximate surface area is 153 Å². The fourth-order valence-corrected chi connectivity index (χ4v) is 2.51. The monoisotopic (exact) mass is 387 g/mol. The number of nitrogens with zero attached hydrogens (tertiary/aromatic N) is 4. The van der Waals surface area contributed by atoms with Crippen LogP contribution in [0.5, 0.6) is 0 Å². The zero-order valence-electron chi connectivity index (χ0n) is 13.6. The number of rotatable bonds is 6. The van der Waals surface area contributed by atoms with Gasteiger partial charge < -0.3 is 10.6 Å². The van der Waals surface area contributed by atoms with E-state index in [4.69, 9.17) is 5.73 Å². The normalized spacial score (nSPS) is 16.5. The molecule has 2 heterocycles. The molecule has 0 saturated carbocycles. The Morgan fingerprint density at radius 1 is 1.29 bits per heavy atom. The highest BCUT2D eigenvalue weighted by atomic mass is 35.5. The SMILES string of the molecule is CC(N)CCC(=O)N1CCN(Cc2nccn2C(F)F)CC1.Cl.Cl. The van der Waals surface area contributed by atoms with Crippen LogP contribution in [0.2, 0.25) is 0 Å². The molecule has 0 spiro atoms. The quantitative estimate of drug-likeness (QED) is 0.809. The van der Waals surface area contributed by atoms with Gasteiger partial charge in [-0.1, -0.05) is 0 Å². The molecule has 1 fully saturated rings. The molecule has 2 N–H and O–H groups in total. The molecule has 0 radical (unpaired) electrons. The molecule has 1 aliphatic heterocycles. The minimum absolute atomic E-state index is 0. The molecule has 140 valence electrons. The van der Waals surface area contributed by atoms with Gasteiger partial charge in [-0.25, -0.2) is 4.98 Å². The lowest BCUT2D eigenvalue weighted by atomic mass is 10.1. The van der Waals surface area contributed by atoms with Crippen LogP contribution in [-0.4, -0.2) is 57.5 Å². The van der Waals surface area contributed by atoms with Gasteiger partial charge in [0.2, 0.25) is 5.91 Å². The number of alkyl halides is 2. The number of carbonyl (C=O) groups is 1. The average Bonchev–Trinajstić information content (AvgIpc) is 2.94. The van der Waals surface area contributed by atoms with Crippen LogP contribution < -0.4 is 5.73 Å². The van der Waals surface area contributed by atoms with E-state index in [0.29, 0.717) is 51.4 Å². The third kappa shape index (κ3) is 6.51. The van der Waals surface area contributed by atoms with Gasteiger partial charge >= 0.3 is 6.55 Å². The van der Waals surface area contributed by atoms with E-state index in [1.165, 1.54) is 12.4 Å². The van der Waals surface area contributed by atoms with Crippen molar-refractivity contribution in [2.75, 3.05) is 26.2 Å². The maximum Gasteiger partial charge on any atom is 0.319 e. The first-order chi connectivity index (χ1) is 10.5. The van der Waals surface area contributed by atoms with Crippen LogP contribution in [0.4, 0.5) is 8.78 Å². The summed E-state index contributed by atoms with van der Waals surface area (Å²) in [7, 11) is 0. The lowest BCUT2D eigenvalue weighted by Gasteiger charge is -2.34. The molecule has 1 atom stereocenters. The van der Waals surface area contributed by atoms with Gasteiger partial charge in [-0.3, -0.25) is 14.3 Å². The number of imidazole rings is 1. The minimum Gasteiger partial charge on any atom is -0.340 e. The second-order valence-electron chi connectivity index (χ2n) is 5.70. The van der Waals surface area contributed by atoms with E-state index in [1.807, 2.05) is 16.7 Å². The molecule has 6 nitrogen and oxygen atoms in total. The fourth-order valence-electron chi connectivity index (χ4n) is 2.51. The molecule has 1 aromatic rings. The summed E-state index contributed by atoms with van der Waals surface area (Å²) in [5, 5.41) is 0. The first-order valence-corrected chi connectivity index (χ1v) is 7.53. The predicted octanol–water partition coefficient (Wildman–Crippen LogP) is 1.89. The van der Waals surface area contributed by atoms with E-state index < -0.39 is 6.55 Å². The number of piperazine rings is 1. The molecule has 2 rings (SSSR count). The van der Waals surface area contributed by atoms with Crippen molar-refractivity contribution >= 4 is 30.7 Å².